The van der Waals surface area contributed by atoms with Crippen molar-refractivity contribution < 1.29 is 4.74 Å². The second-order valence-electron chi connectivity index (χ2n) is 5.24. The van der Waals surface area contributed by atoms with Gasteiger partial charge in [0, 0.05) is 26.7 Å². The highest BCUT2D eigenvalue weighted by atomic mass is 16.5. The van der Waals surface area contributed by atoms with Crippen LogP contribution in [0, 0.1) is 0 Å². The SMILES string of the molecule is CNc1cncc(OC2CCN(Cc3ccccc3)C2)n1. The van der Waals surface area contributed by atoms with Gasteiger partial charge in [-0.3, -0.25) is 9.88 Å². The second kappa shape index (κ2) is 6.54. The molecule has 5 heteroatoms. The van der Waals surface area contributed by atoms with E-state index in [4.69, 9.17) is 4.74 Å². The zero-order valence-electron chi connectivity index (χ0n) is 12.2. The van der Waals surface area contributed by atoms with E-state index in [2.05, 4.69) is 44.5 Å². The fourth-order valence-corrected chi connectivity index (χ4v) is 2.57. The molecule has 0 amide bonds. The number of anilines is 1. The van der Waals surface area contributed by atoms with E-state index in [-0.39, 0.29) is 6.10 Å². The molecule has 1 saturated heterocycles. The van der Waals surface area contributed by atoms with Gasteiger partial charge in [0.05, 0.1) is 12.4 Å². The normalized spacial score (nSPS) is 18.6. The van der Waals surface area contributed by atoms with Crippen molar-refractivity contribution in [1.82, 2.24) is 14.9 Å². The van der Waals surface area contributed by atoms with Crippen LogP contribution in [0.2, 0.25) is 0 Å². The molecule has 0 radical (unpaired) electrons. The summed E-state index contributed by atoms with van der Waals surface area (Å²) < 4.78 is 5.93. The summed E-state index contributed by atoms with van der Waals surface area (Å²) in [7, 11) is 1.82. The predicted molar refractivity (Wildman–Crippen MR) is 82.3 cm³/mol. The highest BCUT2D eigenvalue weighted by Gasteiger charge is 2.24. The third-order valence-corrected chi connectivity index (χ3v) is 3.63. The molecule has 0 bridgehead atoms. The molecule has 0 saturated carbocycles. The molecule has 1 aromatic carbocycles. The maximum Gasteiger partial charge on any atom is 0.234 e. The Bertz CT molecular complexity index is 575. The van der Waals surface area contributed by atoms with Crippen LogP contribution in [0.5, 0.6) is 5.88 Å². The Kier molecular flexibility index (Phi) is 4.31. The van der Waals surface area contributed by atoms with Gasteiger partial charge in [-0.1, -0.05) is 30.3 Å². The van der Waals surface area contributed by atoms with Crippen molar-refractivity contribution in [2.45, 2.75) is 19.1 Å². The molecular formula is C16H20N4O. The van der Waals surface area contributed by atoms with Gasteiger partial charge < -0.3 is 10.1 Å². The van der Waals surface area contributed by atoms with Crippen LogP contribution in [0.25, 0.3) is 0 Å². The number of nitrogens with zero attached hydrogens (tertiary/aromatic N) is 3. The van der Waals surface area contributed by atoms with Gasteiger partial charge in [0.25, 0.3) is 0 Å². The third kappa shape index (κ3) is 3.70. The van der Waals surface area contributed by atoms with Crippen molar-refractivity contribution >= 4 is 5.82 Å². The summed E-state index contributed by atoms with van der Waals surface area (Å²) in [6.45, 7) is 2.96. The number of ether oxygens (including phenoxy) is 1. The Morgan fingerprint density at radius 3 is 2.95 bits per heavy atom. The molecule has 1 aliphatic rings. The number of likely N-dealkylation sites (tertiary alicyclic amines) is 1. The van der Waals surface area contributed by atoms with Crippen molar-refractivity contribution in [1.29, 1.82) is 0 Å². The van der Waals surface area contributed by atoms with Crippen LogP contribution >= 0.6 is 0 Å². The van der Waals surface area contributed by atoms with Gasteiger partial charge in [-0.15, -0.1) is 0 Å². The van der Waals surface area contributed by atoms with E-state index < -0.39 is 0 Å². The minimum Gasteiger partial charge on any atom is -0.472 e. The molecule has 110 valence electrons. The lowest BCUT2D eigenvalue weighted by Gasteiger charge is -2.16. The van der Waals surface area contributed by atoms with Crippen LogP contribution < -0.4 is 10.1 Å². The molecule has 3 rings (SSSR count). The molecule has 1 fully saturated rings. The average Bonchev–Trinajstić information content (AvgIpc) is 2.95. The van der Waals surface area contributed by atoms with E-state index in [9.17, 15) is 0 Å². The summed E-state index contributed by atoms with van der Waals surface area (Å²) in [5.41, 5.74) is 1.34. The summed E-state index contributed by atoms with van der Waals surface area (Å²) in [6.07, 6.45) is 4.57. The Morgan fingerprint density at radius 1 is 1.29 bits per heavy atom. The molecule has 0 aliphatic carbocycles. The summed E-state index contributed by atoms with van der Waals surface area (Å²) >= 11 is 0. The smallest absolute Gasteiger partial charge is 0.234 e. The van der Waals surface area contributed by atoms with E-state index in [0.29, 0.717) is 5.88 Å². The van der Waals surface area contributed by atoms with Gasteiger partial charge in [-0.25, -0.2) is 0 Å². The van der Waals surface area contributed by atoms with E-state index in [1.807, 2.05) is 13.1 Å². The standard InChI is InChI=1S/C16H20N4O/c1-17-15-9-18-10-16(19-15)21-14-7-8-20(12-14)11-13-5-3-2-4-6-13/h2-6,9-10,14H,7-8,11-12H2,1H3,(H,17,19). The second-order valence-corrected chi connectivity index (χ2v) is 5.24. The Morgan fingerprint density at radius 2 is 2.14 bits per heavy atom. The fourth-order valence-electron chi connectivity index (χ4n) is 2.57. The molecule has 1 atom stereocenters. The zero-order chi connectivity index (χ0) is 14.5. The van der Waals surface area contributed by atoms with Crippen LogP contribution in [0.4, 0.5) is 5.82 Å². The van der Waals surface area contributed by atoms with Gasteiger partial charge in [-0.2, -0.15) is 4.98 Å². The molecule has 0 spiro atoms. The van der Waals surface area contributed by atoms with Crippen LogP contribution in [-0.2, 0) is 6.54 Å². The van der Waals surface area contributed by atoms with E-state index in [1.54, 1.807) is 12.4 Å². The zero-order valence-corrected chi connectivity index (χ0v) is 12.2. The molecule has 2 heterocycles. The minimum atomic E-state index is 0.190. The lowest BCUT2D eigenvalue weighted by molar-refractivity contribution is 0.191. The molecule has 1 aliphatic heterocycles. The number of hydrogen-bond donors (Lipinski definition) is 1. The van der Waals surface area contributed by atoms with Crippen molar-refractivity contribution in [3.63, 3.8) is 0 Å². The molecular weight excluding hydrogens is 264 g/mol. The molecule has 2 aromatic rings. The lowest BCUT2D eigenvalue weighted by atomic mass is 10.2. The van der Waals surface area contributed by atoms with Gasteiger partial charge in [0.15, 0.2) is 0 Å². The Balaban J connectivity index is 1.54. The van der Waals surface area contributed by atoms with Crippen LogP contribution in [-0.4, -0.2) is 41.1 Å². The number of benzene rings is 1. The summed E-state index contributed by atoms with van der Waals surface area (Å²) in [4.78, 5) is 10.9. The van der Waals surface area contributed by atoms with Crippen molar-refractivity contribution in [3.05, 3.63) is 48.3 Å². The molecule has 5 nitrogen and oxygen atoms in total. The highest BCUT2D eigenvalue weighted by molar-refractivity contribution is 5.32. The van der Waals surface area contributed by atoms with E-state index >= 15 is 0 Å². The molecule has 1 N–H and O–H groups in total. The molecule has 1 aromatic heterocycles. The predicted octanol–water partition coefficient (Wildman–Crippen LogP) is 2.17. The van der Waals surface area contributed by atoms with Crippen LogP contribution in [0.1, 0.15) is 12.0 Å². The minimum absolute atomic E-state index is 0.190. The van der Waals surface area contributed by atoms with Crippen LogP contribution in [0.15, 0.2) is 42.7 Å². The number of nitrogens with one attached hydrogen (secondary N) is 1. The van der Waals surface area contributed by atoms with E-state index in [1.165, 1.54) is 5.56 Å². The summed E-state index contributed by atoms with van der Waals surface area (Å²) in [5, 5.41) is 2.97. The monoisotopic (exact) mass is 284 g/mol. The lowest BCUT2D eigenvalue weighted by Crippen LogP contribution is -2.24. The maximum atomic E-state index is 5.93. The number of aromatic nitrogens is 2. The van der Waals surface area contributed by atoms with E-state index in [0.717, 1.165) is 31.9 Å². The first kappa shape index (κ1) is 13.8. The first-order valence-corrected chi connectivity index (χ1v) is 7.26. The number of rotatable bonds is 5. The molecule has 1 unspecified atom stereocenters. The Labute approximate surface area is 125 Å². The topological polar surface area (TPSA) is 50.3 Å². The average molecular weight is 284 g/mol. The Hall–Kier alpha value is -2.14. The third-order valence-electron chi connectivity index (χ3n) is 3.63. The highest BCUT2D eigenvalue weighted by Crippen LogP contribution is 2.18. The quantitative estimate of drug-likeness (QED) is 0.912. The number of hydrogen-bond acceptors (Lipinski definition) is 5. The van der Waals surface area contributed by atoms with Crippen molar-refractivity contribution in [2.75, 3.05) is 25.5 Å². The van der Waals surface area contributed by atoms with Gasteiger partial charge in [-0.05, 0) is 12.0 Å². The van der Waals surface area contributed by atoms with Crippen LogP contribution in [0.3, 0.4) is 0 Å². The summed E-state index contributed by atoms with van der Waals surface area (Å²) in [5.74, 6) is 1.32. The van der Waals surface area contributed by atoms with Gasteiger partial charge in [0.2, 0.25) is 5.88 Å². The van der Waals surface area contributed by atoms with Gasteiger partial charge in [0.1, 0.15) is 11.9 Å². The van der Waals surface area contributed by atoms with Crippen molar-refractivity contribution in [3.8, 4) is 5.88 Å². The maximum absolute atomic E-state index is 5.93. The largest absolute Gasteiger partial charge is 0.472 e. The molecule has 21 heavy (non-hydrogen) atoms. The fraction of sp³-hybridized carbons (Fsp3) is 0.375. The van der Waals surface area contributed by atoms with Gasteiger partial charge >= 0.3 is 0 Å². The first-order chi connectivity index (χ1) is 10.3. The first-order valence-electron chi connectivity index (χ1n) is 7.26. The summed E-state index contributed by atoms with van der Waals surface area (Å²) in [6, 6.07) is 10.5. The van der Waals surface area contributed by atoms with Crippen molar-refractivity contribution in [2.24, 2.45) is 0 Å².